The van der Waals surface area contributed by atoms with Gasteiger partial charge >= 0.3 is 0 Å². The number of carboxylic acid groups (broad SMARTS) is 1. The summed E-state index contributed by atoms with van der Waals surface area (Å²) < 4.78 is 0. The van der Waals surface area contributed by atoms with Crippen LogP contribution in [0.2, 0.25) is 0 Å². The highest BCUT2D eigenvalue weighted by Crippen LogP contribution is 2.15. The molecule has 0 saturated carbocycles. The van der Waals surface area contributed by atoms with Gasteiger partial charge in [-0.1, -0.05) is 0 Å². The average molecular weight is 169 g/mol. The molecule has 0 aromatic carbocycles. The second kappa shape index (κ2) is 2.84. The van der Waals surface area contributed by atoms with E-state index < -0.39 is 5.97 Å². The quantitative estimate of drug-likeness (QED) is 0.599. The first-order chi connectivity index (χ1) is 5.11. The molecule has 0 aliphatic heterocycles. The van der Waals surface area contributed by atoms with Crippen LogP contribution in [-0.2, 0) is 0 Å². The van der Waals surface area contributed by atoms with Crippen LogP contribution in [0.25, 0.3) is 0 Å². The number of Topliss-reactive ketones (excluding diaryl/α,β-unsaturated/α-hetero) is 1. The zero-order valence-corrected chi connectivity index (χ0v) is 6.60. The van der Waals surface area contributed by atoms with Gasteiger partial charge in [0.05, 0.1) is 15.7 Å². The lowest BCUT2D eigenvalue weighted by molar-refractivity contribution is -0.254. The highest BCUT2D eigenvalue weighted by molar-refractivity contribution is 7.15. The summed E-state index contributed by atoms with van der Waals surface area (Å²) in [6.07, 6.45) is 0. The molecule has 0 fully saturated rings. The zero-order valence-electron chi connectivity index (χ0n) is 5.79. The standard InChI is InChI=1S/C7H6O3S/c1-4(8)5-2-3-6(11-5)7(9)10/h2-3H,1H3,(H,9,10)/p-1. The number of carbonyl (C=O) groups is 2. The monoisotopic (exact) mass is 169 g/mol. The minimum Gasteiger partial charge on any atom is -0.544 e. The van der Waals surface area contributed by atoms with Crippen molar-refractivity contribution in [2.24, 2.45) is 0 Å². The van der Waals surface area contributed by atoms with E-state index in [2.05, 4.69) is 0 Å². The van der Waals surface area contributed by atoms with E-state index in [0.717, 1.165) is 11.3 Å². The summed E-state index contributed by atoms with van der Waals surface area (Å²) in [6, 6.07) is 2.86. The largest absolute Gasteiger partial charge is 0.544 e. The van der Waals surface area contributed by atoms with Crippen LogP contribution in [0.1, 0.15) is 26.3 Å². The first-order valence-corrected chi connectivity index (χ1v) is 3.75. The van der Waals surface area contributed by atoms with E-state index in [1.807, 2.05) is 0 Å². The van der Waals surface area contributed by atoms with Crippen molar-refractivity contribution in [3.63, 3.8) is 0 Å². The lowest BCUT2D eigenvalue weighted by atomic mass is 10.3. The second-order valence-electron chi connectivity index (χ2n) is 2.01. The van der Waals surface area contributed by atoms with Crippen LogP contribution in [0.5, 0.6) is 0 Å². The molecule has 0 aliphatic carbocycles. The molecule has 0 N–H and O–H groups in total. The smallest absolute Gasteiger partial charge is 0.169 e. The molecule has 0 aliphatic rings. The Morgan fingerprint density at radius 2 is 1.91 bits per heavy atom. The molecule has 1 heterocycles. The van der Waals surface area contributed by atoms with Gasteiger partial charge in [-0.15, -0.1) is 11.3 Å². The summed E-state index contributed by atoms with van der Waals surface area (Å²) in [7, 11) is 0. The Labute approximate surface area is 67.3 Å². The van der Waals surface area contributed by atoms with E-state index in [9.17, 15) is 14.7 Å². The number of ketones is 1. The van der Waals surface area contributed by atoms with Crippen molar-refractivity contribution < 1.29 is 14.7 Å². The van der Waals surface area contributed by atoms with Gasteiger partial charge in [0, 0.05) is 0 Å². The Morgan fingerprint density at radius 3 is 2.18 bits per heavy atom. The maximum absolute atomic E-state index is 10.7. The van der Waals surface area contributed by atoms with Crippen LogP contribution in [0.15, 0.2) is 12.1 Å². The predicted octanol–water partition coefficient (Wildman–Crippen LogP) is 0.314. The zero-order chi connectivity index (χ0) is 8.43. The van der Waals surface area contributed by atoms with E-state index in [1.54, 1.807) is 0 Å². The third-order valence-corrected chi connectivity index (χ3v) is 2.32. The van der Waals surface area contributed by atoms with Crippen molar-refractivity contribution in [3.8, 4) is 0 Å². The fourth-order valence-corrected chi connectivity index (χ4v) is 1.37. The highest BCUT2D eigenvalue weighted by atomic mass is 32.1. The Morgan fingerprint density at radius 1 is 1.36 bits per heavy atom. The van der Waals surface area contributed by atoms with Gasteiger partial charge in [-0.25, -0.2) is 0 Å². The molecule has 0 bridgehead atoms. The summed E-state index contributed by atoms with van der Waals surface area (Å²) in [5, 5.41) is 10.2. The van der Waals surface area contributed by atoms with Crippen molar-refractivity contribution in [2.75, 3.05) is 0 Å². The van der Waals surface area contributed by atoms with E-state index in [-0.39, 0.29) is 10.7 Å². The number of thiophene rings is 1. The average Bonchev–Trinajstić information content (AvgIpc) is 2.33. The predicted molar refractivity (Wildman–Crippen MR) is 38.7 cm³/mol. The van der Waals surface area contributed by atoms with E-state index in [4.69, 9.17) is 0 Å². The molecular formula is C7H5O3S-. The molecule has 0 saturated heterocycles. The molecule has 0 atom stereocenters. The Hall–Kier alpha value is -1.16. The first-order valence-electron chi connectivity index (χ1n) is 2.93. The van der Waals surface area contributed by atoms with Crippen LogP contribution in [-0.4, -0.2) is 11.8 Å². The van der Waals surface area contributed by atoms with Gasteiger partial charge < -0.3 is 9.90 Å². The summed E-state index contributed by atoms with van der Waals surface area (Å²) >= 11 is 0.937. The molecule has 1 rings (SSSR count). The van der Waals surface area contributed by atoms with E-state index in [1.165, 1.54) is 19.1 Å². The Bertz CT molecular complexity index is 272. The first kappa shape index (κ1) is 7.94. The highest BCUT2D eigenvalue weighted by Gasteiger charge is 2.03. The van der Waals surface area contributed by atoms with Crippen molar-refractivity contribution in [1.29, 1.82) is 0 Å². The minimum absolute atomic E-state index is 0.0928. The minimum atomic E-state index is -1.23. The van der Waals surface area contributed by atoms with Gasteiger partial charge in [0.15, 0.2) is 5.78 Å². The molecule has 3 nitrogen and oxygen atoms in total. The lowest BCUT2D eigenvalue weighted by Gasteiger charge is -1.92. The molecule has 0 radical (unpaired) electrons. The number of rotatable bonds is 2. The second-order valence-corrected chi connectivity index (χ2v) is 3.09. The number of carbonyl (C=O) groups excluding carboxylic acids is 2. The molecule has 58 valence electrons. The molecule has 1 aromatic heterocycles. The maximum Gasteiger partial charge on any atom is 0.169 e. The van der Waals surface area contributed by atoms with Crippen LogP contribution in [0, 0.1) is 0 Å². The van der Waals surface area contributed by atoms with Crippen LogP contribution < -0.4 is 5.11 Å². The lowest BCUT2D eigenvalue weighted by Crippen LogP contribution is -2.20. The molecule has 11 heavy (non-hydrogen) atoms. The topological polar surface area (TPSA) is 57.2 Å². The normalized spacial score (nSPS) is 9.55. The molecule has 0 amide bonds. The SMILES string of the molecule is CC(=O)c1ccc(C(=O)[O-])s1. The molecular weight excluding hydrogens is 164 g/mol. The van der Waals surface area contributed by atoms with Gasteiger partial charge in [-0.05, 0) is 19.1 Å². The molecule has 4 heteroatoms. The number of hydrogen-bond donors (Lipinski definition) is 0. The maximum atomic E-state index is 10.7. The molecule has 0 unspecified atom stereocenters. The van der Waals surface area contributed by atoms with E-state index >= 15 is 0 Å². The fraction of sp³-hybridized carbons (Fsp3) is 0.143. The third-order valence-electron chi connectivity index (χ3n) is 1.15. The van der Waals surface area contributed by atoms with Gasteiger partial charge in [0.1, 0.15) is 0 Å². The van der Waals surface area contributed by atoms with Crippen molar-refractivity contribution in [1.82, 2.24) is 0 Å². The van der Waals surface area contributed by atoms with Crippen molar-refractivity contribution in [3.05, 3.63) is 21.9 Å². The summed E-state index contributed by atoms with van der Waals surface area (Å²) in [4.78, 5) is 21.4. The number of aromatic carboxylic acids is 1. The summed E-state index contributed by atoms with van der Waals surface area (Å²) in [6.45, 7) is 1.39. The Kier molecular flexibility index (Phi) is 2.05. The fourth-order valence-electron chi connectivity index (χ4n) is 0.637. The number of hydrogen-bond acceptors (Lipinski definition) is 4. The van der Waals surface area contributed by atoms with Crippen LogP contribution in [0.4, 0.5) is 0 Å². The van der Waals surface area contributed by atoms with Gasteiger partial charge in [0.25, 0.3) is 0 Å². The molecule has 0 spiro atoms. The van der Waals surface area contributed by atoms with Crippen molar-refractivity contribution in [2.45, 2.75) is 6.92 Å². The molecule has 1 aromatic rings. The van der Waals surface area contributed by atoms with E-state index in [0.29, 0.717) is 4.88 Å². The van der Waals surface area contributed by atoms with Crippen LogP contribution >= 0.6 is 11.3 Å². The van der Waals surface area contributed by atoms with Crippen molar-refractivity contribution >= 4 is 23.1 Å². The van der Waals surface area contributed by atoms with Gasteiger partial charge in [0.2, 0.25) is 0 Å². The van der Waals surface area contributed by atoms with Gasteiger partial charge in [-0.2, -0.15) is 0 Å². The summed E-state index contributed by atoms with van der Waals surface area (Å²) in [5.41, 5.74) is 0. The Balaban J connectivity index is 2.99. The van der Waals surface area contributed by atoms with Gasteiger partial charge in [-0.3, -0.25) is 4.79 Å². The summed E-state index contributed by atoms with van der Waals surface area (Å²) in [5.74, 6) is -1.36. The number of carboxylic acids is 1. The van der Waals surface area contributed by atoms with Crippen LogP contribution in [0.3, 0.4) is 0 Å². The third kappa shape index (κ3) is 1.65.